The highest BCUT2D eigenvalue weighted by molar-refractivity contribution is 7.89. The van der Waals surface area contributed by atoms with E-state index in [0.29, 0.717) is 30.1 Å². The van der Waals surface area contributed by atoms with Gasteiger partial charge in [0.1, 0.15) is 27.9 Å². The van der Waals surface area contributed by atoms with Crippen LogP contribution in [0.25, 0.3) is 0 Å². The number of carbonyl (C=O) groups excluding carboxylic acids is 1. The molecule has 0 atom stereocenters. The third kappa shape index (κ3) is 5.17. The molecule has 1 fully saturated rings. The first-order valence-electron chi connectivity index (χ1n) is 10.3. The van der Waals surface area contributed by atoms with Gasteiger partial charge in [0.2, 0.25) is 10.0 Å². The standard InChI is InChI=1S/C23H23FN2O4S2/c24-18-7-4-6-17(14-18)16-30-20-9-5-8-19(15-20)25-23(27)22-21(10-13-31-22)32(28,29)26-11-2-1-3-12-26/h4-10,13-15H,1-3,11-12,16H2,(H,25,27). The number of nitrogens with zero attached hydrogens (tertiary/aromatic N) is 1. The third-order valence-corrected chi connectivity index (χ3v) is 8.14. The van der Waals surface area contributed by atoms with Gasteiger partial charge in [-0.3, -0.25) is 4.79 Å². The lowest BCUT2D eigenvalue weighted by Crippen LogP contribution is -2.36. The lowest BCUT2D eigenvalue weighted by molar-refractivity contribution is 0.102. The lowest BCUT2D eigenvalue weighted by atomic mass is 10.2. The number of amides is 1. The summed E-state index contributed by atoms with van der Waals surface area (Å²) in [6.07, 6.45) is 2.67. The maximum absolute atomic E-state index is 13.3. The smallest absolute Gasteiger partial charge is 0.267 e. The Labute approximate surface area is 190 Å². The summed E-state index contributed by atoms with van der Waals surface area (Å²) in [5, 5.41) is 4.37. The van der Waals surface area contributed by atoms with Gasteiger partial charge >= 0.3 is 0 Å². The van der Waals surface area contributed by atoms with Crippen molar-refractivity contribution in [1.82, 2.24) is 4.31 Å². The van der Waals surface area contributed by atoms with E-state index in [9.17, 15) is 17.6 Å². The molecule has 1 saturated heterocycles. The Morgan fingerprint density at radius 3 is 2.62 bits per heavy atom. The molecule has 2 aromatic carbocycles. The monoisotopic (exact) mass is 474 g/mol. The van der Waals surface area contributed by atoms with Crippen LogP contribution < -0.4 is 10.1 Å². The van der Waals surface area contributed by atoms with Crippen molar-refractivity contribution in [2.24, 2.45) is 0 Å². The Morgan fingerprint density at radius 2 is 1.84 bits per heavy atom. The second-order valence-corrected chi connectivity index (χ2v) is 10.3. The van der Waals surface area contributed by atoms with E-state index in [0.717, 1.165) is 30.6 Å². The molecule has 0 saturated carbocycles. The van der Waals surface area contributed by atoms with Crippen LogP contribution in [0, 0.1) is 5.82 Å². The fraction of sp³-hybridized carbons (Fsp3) is 0.261. The molecular weight excluding hydrogens is 451 g/mol. The fourth-order valence-corrected chi connectivity index (χ4v) is 6.37. The molecule has 0 spiro atoms. The SMILES string of the molecule is O=C(Nc1cccc(OCc2cccc(F)c2)c1)c1sccc1S(=O)(=O)N1CCCCC1. The Balaban J connectivity index is 1.46. The van der Waals surface area contributed by atoms with Crippen LogP contribution in [0.3, 0.4) is 0 Å². The van der Waals surface area contributed by atoms with Crippen LogP contribution in [-0.2, 0) is 16.6 Å². The van der Waals surface area contributed by atoms with Crippen molar-refractivity contribution in [2.75, 3.05) is 18.4 Å². The van der Waals surface area contributed by atoms with E-state index >= 15 is 0 Å². The van der Waals surface area contributed by atoms with Crippen molar-refractivity contribution in [3.8, 4) is 5.75 Å². The maximum atomic E-state index is 13.3. The summed E-state index contributed by atoms with van der Waals surface area (Å²) in [5.41, 5.74) is 1.16. The number of ether oxygens (including phenoxy) is 1. The van der Waals surface area contributed by atoms with Crippen molar-refractivity contribution in [1.29, 1.82) is 0 Å². The Morgan fingerprint density at radius 1 is 1.06 bits per heavy atom. The first kappa shape index (κ1) is 22.4. The van der Waals surface area contributed by atoms with E-state index in [-0.39, 0.29) is 22.2 Å². The van der Waals surface area contributed by atoms with Crippen molar-refractivity contribution < 1.29 is 22.3 Å². The molecule has 9 heteroatoms. The van der Waals surface area contributed by atoms with E-state index in [4.69, 9.17) is 4.74 Å². The number of hydrogen-bond donors (Lipinski definition) is 1. The van der Waals surface area contributed by atoms with Crippen LogP contribution in [0.5, 0.6) is 5.75 Å². The zero-order valence-corrected chi connectivity index (χ0v) is 18.9. The minimum atomic E-state index is -3.71. The summed E-state index contributed by atoms with van der Waals surface area (Å²) < 4.78 is 46.5. The minimum absolute atomic E-state index is 0.0420. The van der Waals surface area contributed by atoms with Crippen LogP contribution in [0.2, 0.25) is 0 Å². The summed E-state index contributed by atoms with van der Waals surface area (Å²) in [5.74, 6) is -0.323. The van der Waals surface area contributed by atoms with Gasteiger partial charge in [-0.25, -0.2) is 12.8 Å². The highest BCUT2D eigenvalue weighted by Gasteiger charge is 2.31. The zero-order chi connectivity index (χ0) is 22.6. The normalized spacial score (nSPS) is 14.8. The van der Waals surface area contributed by atoms with Crippen LogP contribution in [0.15, 0.2) is 64.9 Å². The largest absolute Gasteiger partial charge is 0.489 e. The predicted molar refractivity (Wildman–Crippen MR) is 122 cm³/mol. The van der Waals surface area contributed by atoms with E-state index in [2.05, 4.69) is 5.32 Å². The van der Waals surface area contributed by atoms with Gasteiger partial charge in [-0.15, -0.1) is 11.3 Å². The number of rotatable bonds is 7. The minimum Gasteiger partial charge on any atom is -0.489 e. The van der Waals surface area contributed by atoms with Gasteiger partial charge in [0.15, 0.2) is 0 Å². The molecule has 6 nitrogen and oxygen atoms in total. The van der Waals surface area contributed by atoms with Crippen LogP contribution in [0.1, 0.15) is 34.5 Å². The molecule has 168 valence electrons. The number of carbonyl (C=O) groups is 1. The van der Waals surface area contributed by atoms with Crippen molar-refractivity contribution >= 4 is 33.0 Å². The van der Waals surface area contributed by atoms with Crippen molar-refractivity contribution in [2.45, 2.75) is 30.8 Å². The van der Waals surface area contributed by atoms with Crippen molar-refractivity contribution in [3.05, 3.63) is 76.2 Å². The van der Waals surface area contributed by atoms with Gasteiger partial charge in [-0.1, -0.05) is 24.6 Å². The van der Waals surface area contributed by atoms with Gasteiger partial charge < -0.3 is 10.1 Å². The Hall–Kier alpha value is -2.75. The molecule has 2 heterocycles. The van der Waals surface area contributed by atoms with E-state index in [1.54, 1.807) is 41.8 Å². The van der Waals surface area contributed by atoms with Gasteiger partial charge in [0.05, 0.1) is 0 Å². The molecule has 1 amide bonds. The molecule has 3 aromatic rings. The van der Waals surface area contributed by atoms with E-state index < -0.39 is 15.9 Å². The predicted octanol–water partition coefficient (Wildman–Crippen LogP) is 4.89. The molecule has 1 aliphatic heterocycles. The number of benzene rings is 2. The first-order valence-corrected chi connectivity index (χ1v) is 12.6. The number of piperidine rings is 1. The summed E-state index contributed by atoms with van der Waals surface area (Å²) in [6.45, 7) is 1.13. The summed E-state index contributed by atoms with van der Waals surface area (Å²) in [6, 6.07) is 14.4. The number of sulfonamides is 1. The van der Waals surface area contributed by atoms with Crippen LogP contribution in [-0.4, -0.2) is 31.7 Å². The molecule has 32 heavy (non-hydrogen) atoms. The number of nitrogens with one attached hydrogen (secondary N) is 1. The first-order chi connectivity index (χ1) is 15.4. The molecule has 1 N–H and O–H groups in total. The molecule has 1 aromatic heterocycles. The summed E-state index contributed by atoms with van der Waals surface area (Å²) >= 11 is 1.10. The summed E-state index contributed by atoms with van der Waals surface area (Å²) in [4.78, 5) is 13.1. The number of anilines is 1. The molecule has 0 unspecified atom stereocenters. The number of halogens is 1. The fourth-order valence-electron chi connectivity index (χ4n) is 3.56. The number of hydrogen-bond acceptors (Lipinski definition) is 5. The third-order valence-electron chi connectivity index (χ3n) is 5.15. The zero-order valence-electron chi connectivity index (χ0n) is 17.3. The second kappa shape index (κ2) is 9.81. The Bertz CT molecular complexity index is 1200. The quantitative estimate of drug-likeness (QED) is 0.529. The average molecular weight is 475 g/mol. The topological polar surface area (TPSA) is 75.7 Å². The molecular formula is C23H23FN2O4S2. The molecule has 0 aliphatic carbocycles. The average Bonchev–Trinajstić information content (AvgIpc) is 3.30. The van der Waals surface area contributed by atoms with Crippen LogP contribution >= 0.6 is 11.3 Å². The summed E-state index contributed by atoms with van der Waals surface area (Å²) in [7, 11) is -3.71. The molecule has 0 radical (unpaired) electrons. The van der Waals surface area contributed by atoms with Gasteiger partial charge in [-0.05, 0) is 54.1 Å². The van der Waals surface area contributed by atoms with E-state index in [1.807, 2.05) is 0 Å². The van der Waals surface area contributed by atoms with Gasteiger partial charge in [-0.2, -0.15) is 4.31 Å². The van der Waals surface area contributed by atoms with E-state index in [1.165, 1.54) is 22.5 Å². The molecule has 1 aliphatic rings. The Kier molecular flexibility index (Phi) is 6.88. The molecule has 0 bridgehead atoms. The van der Waals surface area contributed by atoms with Gasteiger partial charge in [0.25, 0.3) is 5.91 Å². The maximum Gasteiger partial charge on any atom is 0.267 e. The second-order valence-electron chi connectivity index (χ2n) is 7.48. The highest BCUT2D eigenvalue weighted by Crippen LogP contribution is 2.28. The molecule has 4 rings (SSSR count). The highest BCUT2D eigenvalue weighted by atomic mass is 32.2. The lowest BCUT2D eigenvalue weighted by Gasteiger charge is -2.25. The van der Waals surface area contributed by atoms with Gasteiger partial charge in [0, 0.05) is 24.8 Å². The van der Waals surface area contributed by atoms with Crippen LogP contribution in [0.4, 0.5) is 10.1 Å². The number of thiophene rings is 1. The van der Waals surface area contributed by atoms with Crippen molar-refractivity contribution in [3.63, 3.8) is 0 Å².